The van der Waals surface area contributed by atoms with Gasteiger partial charge < -0.3 is 5.11 Å². The van der Waals surface area contributed by atoms with E-state index in [1.807, 2.05) is 19.1 Å². The summed E-state index contributed by atoms with van der Waals surface area (Å²) in [6, 6.07) is 7.38. The monoisotopic (exact) mass is 232 g/mol. The summed E-state index contributed by atoms with van der Waals surface area (Å²) in [6.45, 7) is 3.45. The molecule has 2 rings (SSSR count). The Hall–Kier alpha value is -1.15. The molecule has 1 fully saturated rings. The Labute approximate surface area is 103 Å². The van der Waals surface area contributed by atoms with Crippen LogP contribution in [0.25, 0.3) is 0 Å². The fourth-order valence-corrected chi connectivity index (χ4v) is 2.77. The molecule has 0 aromatic heterocycles. The Morgan fingerprint density at radius 3 is 2.24 bits per heavy atom. The third-order valence-corrected chi connectivity index (χ3v) is 4.03. The molecule has 0 aliphatic heterocycles. The van der Waals surface area contributed by atoms with E-state index in [-0.39, 0.29) is 5.78 Å². The van der Waals surface area contributed by atoms with Crippen molar-refractivity contribution in [3.8, 4) is 0 Å². The van der Waals surface area contributed by atoms with Crippen molar-refractivity contribution in [2.75, 3.05) is 0 Å². The summed E-state index contributed by atoms with van der Waals surface area (Å²) in [4.78, 5) is 11.2. The minimum atomic E-state index is -0.758. The molecule has 0 bridgehead atoms. The fraction of sp³-hybridized carbons (Fsp3) is 0.533. The molecule has 17 heavy (non-hydrogen) atoms. The zero-order valence-electron chi connectivity index (χ0n) is 10.6. The van der Waals surface area contributed by atoms with E-state index in [0.717, 1.165) is 18.4 Å². The molecule has 92 valence electrons. The highest BCUT2D eigenvalue weighted by molar-refractivity contribution is 5.94. The van der Waals surface area contributed by atoms with Crippen LogP contribution in [0.4, 0.5) is 0 Å². The molecule has 2 nitrogen and oxygen atoms in total. The standard InChI is InChI=1S/C15H20O2/c1-11(16)12-7-9-14(10-8-12)15(2,17)13-5-3-4-6-13/h7-10,13,17H,3-6H2,1-2H3. The number of carbonyl (C=O) groups excluding carboxylic acids is 1. The first kappa shape index (κ1) is 12.3. The molecule has 1 atom stereocenters. The first-order valence-corrected chi connectivity index (χ1v) is 6.35. The van der Waals surface area contributed by atoms with Crippen molar-refractivity contribution >= 4 is 5.78 Å². The molecule has 0 radical (unpaired) electrons. The minimum Gasteiger partial charge on any atom is -0.385 e. The zero-order valence-corrected chi connectivity index (χ0v) is 10.6. The van der Waals surface area contributed by atoms with E-state index < -0.39 is 5.60 Å². The van der Waals surface area contributed by atoms with Crippen molar-refractivity contribution < 1.29 is 9.90 Å². The van der Waals surface area contributed by atoms with Crippen LogP contribution < -0.4 is 0 Å². The predicted molar refractivity (Wildman–Crippen MR) is 68.0 cm³/mol. The smallest absolute Gasteiger partial charge is 0.159 e. The van der Waals surface area contributed by atoms with E-state index in [2.05, 4.69) is 0 Å². The third kappa shape index (κ3) is 2.42. The number of carbonyl (C=O) groups is 1. The average Bonchev–Trinajstić information content (AvgIpc) is 2.83. The van der Waals surface area contributed by atoms with Crippen LogP contribution in [0.5, 0.6) is 0 Å². The number of benzene rings is 1. The quantitative estimate of drug-likeness (QED) is 0.812. The lowest BCUT2D eigenvalue weighted by Crippen LogP contribution is -2.30. The molecule has 1 aromatic carbocycles. The molecule has 1 aromatic rings. The van der Waals surface area contributed by atoms with Crippen molar-refractivity contribution in [1.29, 1.82) is 0 Å². The summed E-state index contributed by atoms with van der Waals surface area (Å²) in [5, 5.41) is 10.6. The van der Waals surface area contributed by atoms with Crippen molar-refractivity contribution in [2.24, 2.45) is 5.92 Å². The van der Waals surface area contributed by atoms with E-state index in [0.29, 0.717) is 11.5 Å². The van der Waals surface area contributed by atoms with Crippen LogP contribution >= 0.6 is 0 Å². The molecule has 0 heterocycles. The third-order valence-electron chi connectivity index (χ3n) is 4.03. The van der Waals surface area contributed by atoms with Crippen molar-refractivity contribution in [3.63, 3.8) is 0 Å². The number of ketones is 1. The van der Waals surface area contributed by atoms with Gasteiger partial charge in [-0.1, -0.05) is 37.1 Å². The van der Waals surface area contributed by atoms with Gasteiger partial charge in [0.25, 0.3) is 0 Å². The SMILES string of the molecule is CC(=O)c1ccc(C(C)(O)C2CCCC2)cc1. The minimum absolute atomic E-state index is 0.0667. The first-order chi connectivity index (χ1) is 8.01. The second-order valence-corrected chi connectivity index (χ2v) is 5.26. The van der Waals surface area contributed by atoms with Gasteiger partial charge >= 0.3 is 0 Å². The van der Waals surface area contributed by atoms with Gasteiger partial charge in [0.2, 0.25) is 0 Å². The number of aliphatic hydroxyl groups is 1. The molecule has 1 N–H and O–H groups in total. The fourth-order valence-electron chi connectivity index (χ4n) is 2.77. The van der Waals surface area contributed by atoms with Gasteiger partial charge in [0.05, 0.1) is 5.60 Å². The molecule has 0 saturated heterocycles. The van der Waals surface area contributed by atoms with E-state index in [1.165, 1.54) is 12.8 Å². The predicted octanol–water partition coefficient (Wildman–Crippen LogP) is 3.29. The Balaban J connectivity index is 2.23. The van der Waals surface area contributed by atoms with Gasteiger partial charge in [-0.3, -0.25) is 4.79 Å². The Morgan fingerprint density at radius 2 is 1.76 bits per heavy atom. The maximum Gasteiger partial charge on any atom is 0.159 e. The van der Waals surface area contributed by atoms with Crippen LogP contribution in [0.2, 0.25) is 0 Å². The van der Waals surface area contributed by atoms with E-state index in [4.69, 9.17) is 0 Å². The van der Waals surface area contributed by atoms with Gasteiger partial charge in [0.15, 0.2) is 5.78 Å². The summed E-state index contributed by atoms with van der Waals surface area (Å²) >= 11 is 0. The number of rotatable bonds is 3. The molecule has 1 saturated carbocycles. The molecule has 1 aliphatic carbocycles. The van der Waals surface area contributed by atoms with Crippen LogP contribution in [0.3, 0.4) is 0 Å². The van der Waals surface area contributed by atoms with E-state index >= 15 is 0 Å². The highest BCUT2D eigenvalue weighted by atomic mass is 16.3. The van der Waals surface area contributed by atoms with Crippen LogP contribution in [0.15, 0.2) is 24.3 Å². The van der Waals surface area contributed by atoms with Gasteiger partial charge in [-0.25, -0.2) is 0 Å². The Bertz CT molecular complexity index is 397. The normalized spacial score (nSPS) is 20.2. The maximum absolute atomic E-state index is 11.2. The lowest BCUT2D eigenvalue weighted by atomic mass is 9.81. The van der Waals surface area contributed by atoms with Crippen molar-refractivity contribution in [2.45, 2.75) is 45.1 Å². The summed E-state index contributed by atoms with van der Waals surface area (Å²) in [6.07, 6.45) is 4.63. The lowest BCUT2D eigenvalue weighted by Gasteiger charge is -2.30. The molecular weight excluding hydrogens is 212 g/mol. The van der Waals surface area contributed by atoms with Crippen LogP contribution in [0, 0.1) is 5.92 Å². The first-order valence-electron chi connectivity index (χ1n) is 6.35. The molecule has 0 spiro atoms. The lowest BCUT2D eigenvalue weighted by molar-refractivity contribution is -0.00334. The van der Waals surface area contributed by atoms with Gasteiger partial charge in [-0.15, -0.1) is 0 Å². The molecule has 1 aliphatic rings. The largest absolute Gasteiger partial charge is 0.385 e. The zero-order chi connectivity index (χ0) is 12.5. The van der Waals surface area contributed by atoms with Gasteiger partial charge in [0, 0.05) is 5.56 Å². The van der Waals surface area contributed by atoms with Crippen LogP contribution in [0.1, 0.15) is 55.5 Å². The Morgan fingerprint density at radius 1 is 1.24 bits per heavy atom. The van der Waals surface area contributed by atoms with Crippen LogP contribution in [-0.4, -0.2) is 10.9 Å². The highest BCUT2D eigenvalue weighted by Gasteiger charge is 2.35. The summed E-state index contributed by atoms with van der Waals surface area (Å²) in [5.41, 5.74) is 0.872. The second-order valence-electron chi connectivity index (χ2n) is 5.26. The summed E-state index contributed by atoms with van der Waals surface area (Å²) in [7, 11) is 0. The second kappa shape index (κ2) is 4.61. The van der Waals surface area contributed by atoms with Gasteiger partial charge in [-0.2, -0.15) is 0 Å². The van der Waals surface area contributed by atoms with Crippen LogP contribution in [-0.2, 0) is 5.60 Å². The molecule has 1 unspecified atom stereocenters. The molecule has 2 heteroatoms. The summed E-state index contributed by atoms with van der Waals surface area (Å²) < 4.78 is 0. The number of hydrogen-bond acceptors (Lipinski definition) is 2. The van der Waals surface area contributed by atoms with Crippen molar-refractivity contribution in [1.82, 2.24) is 0 Å². The number of Topliss-reactive ketones (excluding diaryl/α,β-unsaturated/α-hetero) is 1. The highest BCUT2D eigenvalue weighted by Crippen LogP contribution is 2.40. The number of hydrogen-bond donors (Lipinski definition) is 1. The van der Waals surface area contributed by atoms with Gasteiger partial charge in [-0.05, 0) is 38.2 Å². The topological polar surface area (TPSA) is 37.3 Å². The molecule has 0 amide bonds. The van der Waals surface area contributed by atoms with E-state index in [9.17, 15) is 9.90 Å². The maximum atomic E-state index is 11.2. The van der Waals surface area contributed by atoms with Gasteiger partial charge in [0.1, 0.15) is 0 Å². The average molecular weight is 232 g/mol. The molecular formula is C15H20O2. The Kier molecular flexibility index (Phi) is 3.34. The summed E-state index contributed by atoms with van der Waals surface area (Å²) in [5.74, 6) is 0.419. The van der Waals surface area contributed by atoms with E-state index in [1.54, 1.807) is 19.1 Å². The van der Waals surface area contributed by atoms with Crippen molar-refractivity contribution in [3.05, 3.63) is 35.4 Å².